The maximum atomic E-state index is 11.8. The Bertz CT molecular complexity index is 466. The third-order valence-corrected chi connectivity index (χ3v) is 3.04. The molecule has 0 bridgehead atoms. The zero-order valence-corrected chi connectivity index (χ0v) is 9.43. The summed E-state index contributed by atoms with van der Waals surface area (Å²) in [5.41, 5.74) is 0.814. The Morgan fingerprint density at radius 2 is 2.24 bits per heavy atom. The number of fused-ring (bicyclic) bond motifs is 1. The zero-order valence-electron chi connectivity index (χ0n) is 9.43. The fraction of sp³-hybridized carbons (Fsp3) is 0.417. The van der Waals surface area contributed by atoms with E-state index in [2.05, 4.69) is 0 Å². The number of aromatic hydroxyl groups is 1. The molecule has 0 radical (unpaired) electrons. The molecule has 17 heavy (non-hydrogen) atoms. The number of hydrogen-bond acceptors (Lipinski definition) is 5. The van der Waals surface area contributed by atoms with E-state index in [4.69, 9.17) is 4.74 Å². The van der Waals surface area contributed by atoms with Crippen molar-refractivity contribution >= 4 is 5.78 Å². The number of rotatable bonds is 2. The van der Waals surface area contributed by atoms with Gasteiger partial charge in [-0.2, -0.15) is 0 Å². The summed E-state index contributed by atoms with van der Waals surface area (Å²) >= 11 is 0. The molecule has 0 aromatic heterocycles. The van der Waals surface area contributed by atoms with Gasteiger partial charge in [-0.3, -0.25) is 4.79 Å². The Hall–Kier alpha value is -1.59. The number of aliphatic hydroxyl groups excluding tert-OH is 2. The molecule has 0 amide bonds. The van der Waals surface area contributed by atoms with Gasteiger partial charge in [0.2, 0.25) is 0 Å². The van der Waals surface area contributed by atoms with Gasteiger partial charge < -0.3 is 20.1 Å². The van der Waals surface area contributed by atoms with Crippen molar-refractivity contribution in [2.45, 2.75) is 25.6 Å². The Kier molecular flexibility index (Phi) is 3.04. The predicted molar refractivity (Wildman–Crippen MR) is 59.1 cm³/mol. The van der Waals surface area contributed by atoms with Crippen LogP contribution in [0.5, 0.6) is 11.5 Å². The molecule has 0 saturated carbocycles. The molecule has 1 atom stereocenters. The fourth-order valence-corrected chi connectivity index (χ4v) is 2.18. The minimum absolute atomic E-state index is 0.142. The fourth-order valence-electron chi connectivity index (χ4n) is 2.18. The lowest BCUT2D eigenvalue weighted by molar-refractivity contribution is 0.0891. The van der Waals surface area contributed by atoms with E-state index in [1.54, 1.807) is 0 Å². The topological polar surface area (TPSA) is 87.0 Å². The smallest absolute Gasteiger partial charge is 0.167 e. The number of carbonyl (C=O) groups excluding carboxylic acids is 1. The predicted octanol–water partition coefficient (Wildman–Crippen LogP) is 0.903. The van der Waals surface area contributed by atoms with Crippen molar-refractivity contribution in [3.05, 3.63) is 22.8 Å². The summed E-state index contributed by atoms with van der Waals surface area (Å²) < 4.78 is 5.08. The molecule has 3 N–H and O–H groups in total. The van der Waals surface area contributed by atoms with Crippen molar-refractivity contribution in [3.8, 4) is 11.5 Å². The average molecular weight is 238 g/mol. The van der Waals surface area contributed by atoms with Gasteiger partial charge in [-0.15, -0.1) is 0 Å². The molecule has 1 aliphatic rings. The van der Waals surface area contributed by atoms with E-state index in [1.165, 1.54) is 13.2 Å². The minimum Gasteiger partial charge on any atom is -0.507 e. The van der Waals surface area contributed by atoms with E-state index in [-0.39, 0.29) is 34.8 Å². The van der Waals surface area contributed by atoms with Crippen molar-refractivity contribution < 1.29 is 24.9 Å². The number of phenols is 1. The van der Waals surface area contributed by atoms with Gasteiger partial charge in [-0.25, -0.2) is 0 Å². The first kappa shape index (κ1) is 11.9. The number of benzene rings is 1. The zero-order chi connectivity index (χ0) is 12.6. The van der Waals surface area contributed by atoms with E-state index < -0.39 is 12.7 Å². The van der Waals surface area contributed by atoms with Gasteiger partial charge in [0, 0.05) is 6.42 Å². The summed E-state index contributed by atoms with van der Waals surface area (Å²) in [6, 6.07) is 1.32. The van der Waals surface area contributed by atoms with Crippen molar-refractivity contribution in [1.29, 1.82) is 0 Å². The first-order chi connectivity index (χ1) is 8.10. The summed E-state index contributed by atoms with van der Waals surface area (Å²) in [4.78, 5) is 11.8. The molecule has 0 aliphatic heterocycles. The van der Waals surface area contributed by atoms with Crippen molar-refractivity contribution in [2.75, 3.05) is 7.11 Å². The van der Waals surface area contributed by atoms with Crippen LogP contribution in [0.1, 0.15) is 40.4 Å². The lowest BCUT2D eigenvalue weighted by atomic mass is 9.86. The van der Waals surface area contributed by atoms with Crippen LogP contribution >= 0.6 is 0 Å². The van der Waals surface area contributed by atoms with Gasteiger partial charge >= 0.3 is 0 Å². The first-order valence-electron chi connectivity index (χ1n) is 5.35. The average Bonchev–Trinajstić information content (AvgIpc) is 2.32. The summed E-state index contributed by atoms with van der Waals surface area (Å²) in [6.45, 7) is -0.425. The van der Waals surface area contributed by atoms with Gasteiger partial charge in [-0.05, 0) is 18.1 Å². The van der Waals surface area contributed by atoms with E-state index in [0.717, 1.165) is 0 Å². The Morgan fingerprint density at radius 3 is 2.82 bits per heavy atom. The highest BCUT2D eigenvalue weighted by Crippen LogP contribution is 2.41. The summed E-state index contributed by atoms with van der Waals surface area (Å²) in [6.07, 6.45) is -0.206. The second kappa shape index (κ2) is 4.35. The molecule has 1 aliphatic carbocycles. The highest BCUT2D eigenvalue weighted by atomic mass is 16.5. The molecule has 5 heteroatoms. The quantitative estimate of drug-likeness (QED) is 0.712. The molecular weight excluding hydrogens is 224 g/mol. The summed E-state index contributed by atoms with van der Waals surface area (Å²) in [7, 11) is 1.36. The van der Waals surface area contributed by atoms with Gasteiger partial charge in [0.1, 0.15) is 11.5 Å². The van der Waals surface area contributed by atoms with Crippen LogP contribution in [-0.4, -0.2) is 28.2 Å². The summed E-state index contributed by atoms with van der Waals surface area (Å²) in [5, 5.41) is 28.7. The number of ketones is 1. The molecule has 1 aromatic carbocycles. The van der Waals surface area contributed by atoms with Crippen molar-refractivity contribution in [3.63, 3.8) is 0 Å². The van der Waals surface area contributed by atoms with E-state index in [0.29, 0.717) is 12.0 Å². The molecule has 5 nitrogen and oxygen atoms in total. The van der Waals surface area contributed by atoms with E-state index in [1.807, 2.05) is 0 Å². The normalized spacial score (nSPS) is 19.0. The maximum Gasteiger partial charge on any atom is 0.167 e. The van der Waals surface area contributed by atoms with E-state index in [9.17, 15) is 20.1 Å². The molecule has 1 aromatic rings. The Labute approximate surface area is 98.3 Å². The van der Waals surface area contributed by atoms with Crippen LogP contribution in [0, 0.1) is 0 Å². The number of carbonyl (C=O) groups is 1. The van der Waals surface area contributed by atoms with Crippen LogP contribution in [0.25, 0.3) is 0 Å². The summed E-state index contributed by atoms with van der Waals surface area (Å²) in [5.74, 6) is -0.153. The first-order valence-corrected chi connectivity index (χ1v) is 5.35. The van der Waals surface area contributed by atoms with Crippen LogP contribution < -0.4 is 4.74 Å². The molecule has 1 unspecified atom stereocenters. The van der Waals surface area contributed by atoms with E-state index >= 15 is 0 Å². The molecule has 92 valence electrons. The van der Waals surface area contributed by atoms with Crippen LogP contribution in [0.4, 0.5) is 0 Å². The highest BCUT2D eigenvalue weighted by molar-refractivity contribution is 6.02. The molecule has 0 spiro atoms. The molecular formula is C12H14O5. The third-order valence-electron chi connectivity index (χ3n) is 3.04. The number of hydrogen-bond donors (Lipinski definition) is 3. The molecule has 0 saturated heterocycles. The van der Waals surface area contributed by atoms with Crippen LogP contribution in [0.15, 0.2) is 6.07 Å². The third kappa shape index (κ3) is 1.77. The van der Waals surface area contributed by atoms with Gasteiger partial charge in [0.25, 0.3) is 0 Å². The SMILES string of the molecule is COc1c(CO)c(O)cc2c1C(=O)CCC2O. The Balaban J connectivity index is 2.73. The van der Waals surface area contributed by atoms with Crippen molar-refractivity contribution in [2.24, 2.45) is 0 Å². The lowest BCUT2D eigenvalue weighted by Gasteiger charge is -2.24. The Morgan fingerprint density at radius 1 is 1.53 bits per heavy atom. The monoisotopic (exact) mass is 238 g/mol. The number of methoxy groups -OCH3 is 1. The lowest BCUT2D eigenvalue weighted by Crippen LogP contribution is -2.17. The van der Waals surface area contributed by atoms with Gasteiger partial charge in [0.05, 0.1) is 30.9 Å². The number of ether oxygens (including phenoxy) is 1. The highest BCUT2D eigenvalue weighted by Gasteiger charge is 2.30. The second-order valence-electron chi connectivity index (χ2n) is 4.01. The number of Topliss-reactive ketones (excluding diaryl/α,β-unsaturated/α-hetero) is 1. The number of aliphatic hydroxyl groups is 2. The standard InChI is InChI=1S/C12H14O5/c1-17-12-7(5-13)10(16)4-6-8(14)2-3-9(15)11(6)12/h4,8,13-14,16H,2-3,5H2,1H3. The van der Waals surface area contributed by atoms with Gasteiger partial charge in [0.15, 0.2) is 5.78 Å². The van der Waals surface area contributed by atoms with Crippen LogP contribution in [-0.2, 0) is 6.61 Å². The van der Waals surface area contributed by atoms with Crippen molar-refractivity contribution in [1.82, 2.24) is 0 Å². The van der Waals surface area contributed by atoms with Crippen LogP contribution in [0.3, 0.4) is 0 Å². The molecule has 0 heterocycles. The molecule has 0 fully saturated rings. The second-order valence-corrected chi connectivity index (χ2v) is 4.01. The minimum atomic E-state index is -0.782. The van der Waals surface area contributed by atoms with Crippen LogP contribution in [0.2, 0.25) is 0 Å². The molecule has 2 rings (SSSR count). The maximum absolute atomic E-state index is 11.8. The largest absolute Gasteiger partial charge is 0.507 e. The van der Waals surface area contributed by atoms with Gasteiger partial charge in [-0.1, -0.05) is 0 Å².